The van der Waals surface area contributed by atoms with Gasteiger partial charge in [0.1, 0.15) is 5.69 Å². The van der Waals surface area contributed by atoms with E-state index in [-0.39, 0.29) is 5.78 Å². The summed E-state index contributed by atoms with van der Waals surface area (Å²) in [6.07, 6.45) is 2.97. The molecule has 1 heterocycles. The molecule has 0 atom stereocenters. The maximum atomic E-state index is 11.2. The van der Waals surface area contributed by atoms with Crippen LogP contribution in [0.15, 0.2) is 0 Å². The SMILES string of the molecule is CSCCc1c(C(C)=O)n[nH]c1C. The summed E-state index contributed by atoms with van der Waals surface area (Å²) in [5.74, 6) is 1.07. The zero-order valence-corrected chi connectivity index (χ0v) is 8.99. The number of aromatic amines is 1. The van der Waals surface area contributed by atoms with E-state index < -0.39 is 0 Å². The number of aryl methyl sites for hydroxylation is 1. The first-order valence-corrected chi connectivity index (χ1v) is 5.60. The molecule has 1 aromatic rings. The fourth-order valence-corrected chi connectivity index (χ4v) is 1.66. The van der Waals surface area contributed by atoms with Crippen LogP contribution in [0.4, 0.5) is 0 Å². The lowest BCUT2D eigenvalue weighted by molar-refractivity contribution is 0.101. The van der Waals surface area contributed by atoms with Gasteiger partial charge in [-0.25, -0.2) is 0 Å². The van der Waals surface area contributed by atoms with E-state index in [2.05, 4.69) is 16.5 Å². The van der Waals surface area contributed by atoms with Crippen LogP contribution in [0.5, 0.6) is 0 Å². The molecule has 1 N–H and O–H groups in total. The topological polar surface area (TPSA) is 45.8 Å². The zero-order chi connectivity index (χ0) is 9.84. The zero-order valence-electron chi connectivity index (χ0n) is 8.18. The highest BCUT2D eigenvalue weighted by atomic mass is 32.2. The Balaban J connectivity index is 2.88. The molecule has 0 aliphatic carbocycles. The van der Waals surface area contributed by atoms with Gasteiger partial charge in [0.2, 0.25) is 0 Å². The van der Waals surface area contributed by atoms with Crippen molar-refractivity contribution < 1.29 is 4.79 Å². The van der Waals surface area contributed by atoms with Gasteiger partial charge in [0.05, 0.1) is 0 Å². The van der Waals surface area contributed by atoms with E-state index in [0.717, 1.165) is 23.4 Å². The normalized spacial score (nSPS) is 10.4. The molecule has 0 spiro atoms. The molecule has 0 saturated heterocycles. The van der Waals surface area contributed by atoms with Gasteiger partial charge in [-0.15, -0.1) is 0 Å². The first-order chi connectivity index (χ1) is 6.16. The highest BCUT2D eigenvalue weighted by Gasteiger charge is 2.12. The van der Waals surface area contributed by atoms with E-state index in [1.165, 1.54) is 0 Å². The van der Waals surface area contributed by atoms with Gasteiger partial charge >= 0.3 is 0 Å². The van der Waals surface area contributed by atoms with Crippen molar-refractivity contribution in [1.29, 1.82) is 0 Å². The van der Waals surface area contributed by atoms with Crippen LogP contribution in [0.1, 0.15) is 28.7 Å². The van der Waals surface area contributed by atoms with Gasteiger partial charge in [-0.3, -0.25) is 9.89 Å². The van der Waals surface area contributed by atoms with Crippen LogP contribution in [0, 0.1) is 6.92 Å². The summed E-state index contributed by atoms with van der Waals surface area (Å²) in [5, 5.41) is 6.83. The molecule has 0 bridgehead atoms. The van der Waals surface area contributed by atoms with Crippen LogP contribution in [0.3, 0.4) is 0 Å². The van der Waals surface area contributed by atoms with Crippen molar-refractivity contribution in [1.82, 2.24) is 10.2 Å². The third kappa shape index (κ3) is 2.34. The standard InChI is InChI=1S/C9H14N2OS/c1-6-8(4-5-13-3)9(7(2)12)11-10-6/h4-5H2,1-3H3,(H,10,11). The highest BCUT2D eigenvalue weighted by Crippen LogP contribution is 2.13. The molecule has 0 amide bonds. The Bertz CT molecular complexity index is 307. The molecule has 0 aromatic carbocycles. The smallest absolute Gasteiger partial charge is 0.180 e. The molecule has 1 aromatic heterocycles. The Morgan fingerprint density at radius 3 is 2.85 bits per heavy atom. The average molecular weight is 198 g/mol. The number of nitrogens with zero attached hydrogens (tertiary/aromatic N) is 1. The van der Waals surface area contributed by atoms with E-state index in [0.29, 0.717) is 5.69 Å². The largest absolute Gasteiger partial charge is 0.293 e. The van der Waals surface area contributed by atoms with Crippen molar-refractivity contribution >= 4 is 17.5 Å². The Morgan fingerprint density at radius 1 is 1.62 bits per heavy atom. The number of H-pyrrole nitrogens is 1. The van der Waals surface area contributed by atoms with Crippen LogP contribution in [0.25, 0.3) is 0 Å². The summed E-state index contributed by atoms with van der Waals surface area (Å²) >= 11 is 1.78. The minimum atomic E-state index is 0.0421. The fourth-order valence-electron chi connectivity index (χ4n) is 1.25. The minimum absolute atomic E-state index is 0.0421. The monoisotopic (exact) mass is 198 g/mol. The Labute approximate surface area is 82.3 Å². The Morgan fingerprint density at radius 2 is 2.31 bits per heavy atom. The molecule has 0 fully saturated rings. The van der Waals surface area contributed by atoms with Crippen molar-refractivity contribution in [3.05, 3.63) is 17.0 Å². The van der Waals surface area contributed by atoms with Gasteiger partial charge in [-0.05, 0) is 25.4 Å². The van der Waals surface area contributed by atoms with Gasteiger partial charge in [0.15, 0.2) is 5.78 Å². The number of hydrogen-bond acceptors (Lipinski definition) is 3. The molecule has 0 saturated carbocycles. The fraction of sp³-hybridized carbons (Fsp3) is 0.556. The number of Topliss-reactive ketones (excluding diaryl/α,β-unsaturated/α-hetero) is 1. The predicted octanol–water partition coefficient (Wildman–Crippen LogP) is 1.83. The van der Waals surface area contributed by atoms with Gasteiger partial charge < -0.3 is 0 Å². The van der Waals surface area contributed by atoms with Crippen LogP contribution < -0.4 is 0 Å². The van der Waals surface area contributed by atoms with Gasteiger partial charge in [0.25, 0.3) is 0 Å². The molecule has 72 valence electrons. The molecule has 0 aliphatic rings. The lowest BCUT2D eigenvalue weighted by atomic mass is 10.1. The number of thioether (sulfide) groups is 1. The summed E-state index contributed by atoms with van der Waals surface area (Å²) in [6.45, 7) is 3.51. The Hall–Kier alpha value is -0.770. The summed E-state index contributed by atoms with van der Waals surface area (Å²) in [7, 11) is 0. The number of nitrogens with one attached hydrogen (secondary N) is 1. The molecule has 13 heavy (non-hydrogen) atoms. The summed E-state index contributed by atoms with van der Waals surface area (Å²) in [4.78, 5) is 11.2. The van der Waals surface area contributed by atoms with E-state index in [1.807, 2.05) is 6.92 Å². The number of aromatic nitrogens is 2. The van der Waals surface area contributed by atoms with Gasteiger partial charge in [0, 0.05) is 18.2 Å². The van der Waals surface area contributed by atoms with E-state index in [1.54, 1.807) is 18.7 Å². The number of carbonyl (C=O) groups excluding carboxylic acids is 1. The second-order valence-electron chi connectivity index (χ2n) is 2.97. The lowest BCUT2D eigenvalue weighted by Gasteiger charge is -1.98. The molecule has 0 radical (unpaired) electrons. The second-order valence-corrected chi connectivity index (χ2v) is 3.96. The van der Waals surface area contributed by atoms with E-state index in [9.17, 15) is 4.79 Å². The molecule has 0 aliphatic heterocycles. The third-order valence-corrected chi connectivity index (χ3v) is 2.58. The summed E-state index contributed by atoms with van der Waals surface area (Å²) < 4.78 is 0. The predicted molar refractivity (Wildman–Crippen MR) is 55.4 cm³/mol. The van der Waals surface area contributed by atoms with Crippen molar-refractivity contribution in [2.75, 3.05) is 12.0 Å². The minimum Gasteiger partial charge on any atom is -0.293 e. The highest BCUT2D eigenvalue weighted by molar-refractivity contribution is 7.98. The number of hydrogen-bond donors (Lipinski definition) is 1. The van der Waals surface area contributed by atoms with Crippen LogP contribution in [0.2, 0.25) is 0 Å². The molecular weight excluding hydrogens is 184 g/mol. The molecule has 4 heteroatoms. The maximum absolute atomic E-state index is 11.2. The van der Waals surface area contributed by atoms with E-state index >= 15 is 0 Å². The average Bonchev–Trinajstić information content (AvgIpc) is 2.43. The molecule has 0 unspecified atom stereocenters. The van der Waals surface area contributed by atoms with Crippen molar-refractivity contribution in [2.24, 2.45) is 0 Å². The van der Waals surface area contributed by atoms with Crippen molar-refractivity contribution in [3.63, 3.8) is 0 Å². The number of ketones is 1. The van der Waals surface area contributed by atoms with Crippen LogP contribution in [-0.2, 0) is 6.42 Å². The van der Waals surface area contributed by atoms with Crippen LogP contribution in [-0.4, -0.2) is 28.0 Å². The Kier molecular flexibility index (Phi) is 3.54. The van der Waals surface area contributed by atoms with Gasteiger partial charge in [-0.2, -0.15) is 16.9 Å². The second kappa shape index (κ2) is 4.46. The summed E-state index contributed by atoms with van der Waals surface area (Å²) in [5.41, 5.74) is 2.69. The third-order valence-electron chi connectivity index (χ3n) is 1.96. The van der Waals surface area contributed by atoms with Gasteiger partial charge in [-0.1, -0.05) is 0 Å². The number of rotatable bonds is 4. The lowest BCUT2D eigenvalue weighted by Crippen LogP contribution is -2.00. The molecule has 1 rings (SSSR count). The number of carbonyl (C=O) groups is 1. The molecular formula is C9H14N2OS. The summed E-state index contributed by atoms with van der Waals surface area (Å²) in [6, 6.07) is 0. The quantitative estimate of drug-likeness (QED) is 0.751. The molecule has 3 nitrogen and oxygen atoms in total. The van der Waals surface area contributed by atoms with Crippen molar-refractivity contribution in [3.8, 4) is 0 Å². The van der Waals surface area contributed by atoms with Crippen molar-refractivity contribution in [2.45, 2.75) is 20.3 Å². The van der Waals surface area contributed by atoms with E-state index in [4.69, 9.17) is 0 Å². The van der Waals surface area contributed by atoms with Crippen LogP contribution >= 0.6 is 11.8 Å². The maximum Gasteiger partial charge on any atom is 0.180 e. The first kappa shape index (κ1) is 10.3. The first-order valence-electron chi connectivity index (χ1n) is 4.20.